The van der Waals surface area contributed by atoms with Crippen molar-refractivity contribution in [3.8, 4) is 0 Å². The first-order chi connectivity index (χ1) is 13.4. The molecule has 7 heteroatoms. The quantitative estimate of drug-likeness (QED) is 0.276. The minimum Gasteiger partial charge on any atom is -0.385 e. The third-order valence-corrected chi connectivity index (χ3v) is 5.88. The van der Waals surface area contributed by atoms with E-state index < -0.39 is 13.4 Å². The highest BCUT2D eigenvalue weighted by Gasteiger charge is 2.30. The summed E-state index contributed by atoms with van der Waals surface area (Å²) in [7, 11) is -2.67. The zero-order chi connectivity index (χ0) is 20.7. The van der Waals surface area contributed by atoms with Gasteiger partial charge in [-0.3, -0.25) is 9.36 Å². The van der Waals surface area contributed by atoms with Crippen molar-refractivity contribution in [1.82, 2.24) is 5.32 Å². The van der Waals surface area contributed by atoms with Crippen LogP contribution in [0.3, 0.4) is 0 Å². The maximum Gasteiger partial charge on any atom is 0.347 e. The molecule has 3 N–H and O–H groups in total. The Balaban J connectivity index is 2.15. The lowest BCUT2D eigenvalue weighted by Crippen LogP contribution is -2.36. The van der Waals surface area contributed by atoms with E-state index in [4.69, 9.17) is 4.74 Å². The molecule has 0 radical (unpaired) electrons. The highest BCUT2D eigenvalue weighted by Crippen LogP contribution is 2.41. The van der Waals surface area contributed by atoms with Gasteiger partial charge in [-0.25, -0.2) is 0 Å². The van der Waals surface area contributed by atoms with Crippen LogP contribution < -0.4 is 5.32 Å². The smallest absolute Gasteiger partial charge is 0.347 e. The summed E-state index contributed by atoms with van der Waals surface area (Å²) < 4.78 is 16.7. The van der Waals surface area contributed by atoms with Crippen LogP contribution in [0.4, 0.5) is 0 Å². The number of hydrogen-bond donors (Lipinski definition) is 3. The Morgan fingerprint density at radius 1 is 0.964 bits per heavy atom. The Bertz CT molecular complexity index is 575. The molecule has 1 aromatic rings. The van der Waals surface area contributed by atoms with E-state index in [9.17, 15) is 19.1 Å². The maximum absolute atomic E-state index is 12.1. The van der Waals surface area contributed by atoms with Crippen molar-refractivity contribution >= 4 is 13.5 Å². The summed E-state index contributed by atoms with van der Waals surface area (Å²) >= 11 is 0. The van der Waals surface area contributed by atoms with Gasteiger partial charge in [0.2, 0.25) is 5.91 Å². The molecular weight excluding hydrogens is 377 g/mol. The van der Waals surface area contributed by atoms with Gasteiger partial charge in [-0.05, 0) is 18.4 Å². The summed E-state index contributed by atoms with van der Waals surface area (Å²) in [5.41, 5.74) is 0.790. The Morgan fingerprint density at radius 2 is 1.50 bits per heavy atom. The molecule has 0 heterocycles. The molecule has 0 aliphatic rings. The third kappa shape index (κ3) is 12.3. The molecular formula is C21H36NO5P. The molecule has 0 aliphatic carbocycles. The second-order valence-corrected chi connectivity index (χ2v) is 9.09. The fourth-order valence-corrected chi connectivity index (χ4v) is 3.88. The van der Waals surface area contributed by atoms with Crippen LogP contribution in [0.15, 0.2) is 30.3 Å². The average molecular weight is 413 g/mol. The molecule has 0 fully saturated rings. The predicted molar refractivity (Wildman–Crippen MR) is 112 cm³/mol. The van der Waals surface area contributed by atoms with Gasteiger partial charge in [-0.1, -0.05) is 75.3 Å². The van der Waals surface area contributed by atoms with Crippen molar-refractivity contribution in [2.45, 2.75) is 76.4 Å². The first-order valence-corrected chi connectivity index (χ1v) is 12.0. The molecule has 1 unspecified atom stereocenters. The van der Waals surface area contributed by atoms with Crippen LogP contribution in [0.2, 0.25) is 0 Å². The van der Waals surface area contributed by atoms with Gasteiger partial charge < -0.3 is 19.8 Å². The predicted octanol–water partition coefficient (Wildman–Crippen LogP) is 4.40. The number of ether oxygens (including phenoxy) is 1. The zero-order valence-electron chi connectivity index (χ0n) is 17.0. The Hall–Kier alpha value is -1.20. The number of benzene rings is 1. The molecule has 160 valence electrons. The maximum atomic E-state index is 12.1. The standard InChI is InChI=1S/C21H36NO5P/c1-27-17-13-8-6-4-2-3-5-7-12-16-20(23)22-21(28(24,25)26)18-19-14-10-9-11-15-19/h9-11,14-15,21H,2-8,12-13,16-18H2,1H3,(H,22,23)(H2,24,25,26). The topological polar surface area (TPSA) is 95.9 Å². The number of carbonyl (C=O) groups excluding carboxylic acids is 1. The molecule has 6 nitrogen and oxygen atoms in total. The first kappa shape index (κ1) is 24.8. The molecule has 0 bridgehead atoms. The molecule has 0 saturated carbocycles. The second-order valence-electron chi connectivity index (χ2n) is 7.29. The monoisotopic (exact) mass is 413 g/mol. The zero-order valence-corrected chi connectivity index (χ0v) is 17.9. The fraction of sp³-hybridized carbons (Fsp3) is 0.667. The van der Waals surface area contributed by atoms with E-state index in [1.807, 2.05) is 18.2 Å². The van der Waals surface area contributed by atoms with E-state index >= 15 is 0 Å². The molecule has 1 aromatic carbocycles. The van der Waals surface area contributed by atoms with Crippen LogP contribution >= 0.6 is 7.60 Å². The van der Waals surface area contributed by atoms with Crippen molar-refractivity contribution < 1.29 is 23.9 Å². The van der Waals surface area contributed by atoms with Crippen LogP contribution in [0, 0.1) is 0 Å². The number of methoxy groups -OCH3 is 1. The molecule has 0 spiro atoms. The van der Waals surface area contributed by atoms with E-state index in [0.717, 1.165) is 37.9 Å². The number of rotatable bonds is 16. The highest BCUT2D eigenvalue weighted by atomic mass is 31.2. The summed E-state index contributed by atoms with van der Waals surface area (Å²) in [4.78, 5) is 31.2. The first-order valence-electron chi connectivity index (χ1n) is 10.3. The molecule has 1 amide bonds. The van der Waals surface area contributed by atoms with Gasteiger partial charge in [-0.15, -0.1) is 0 Å². The molecule has 1 rings (SSSR count). The van der Waals surface area contributed by atoms with Gasteiger partial charge in [0, 0.05) is 26.6 Å². The number of unbranched alkanes of at least 4 members (excludes halogenated alkanes) is 8. The Labute approximate surface area is 169 Å². The van der Waals surface area contributed by atoms with Crippen LogP contribution in [-0.2, 0) is 20.5 Å². The minimum atomic E-state index is -4.40. The van der Waals surface area contributed by atoms with Crippen LogP contribution in [0.25, 0.3) is 0 Å². The fourth-order valence-electron chi connectivity index (χ4n) is 3.12. The van der Waals surface area contributed by atoms with E-state index in [0.29, 0.717) is 6.42 Å². The summed E-state index contributed by atoms with van der Waals surface area (Å²) in [5.74, 6) is -1.46. The van der Waals surface area contributed by atoms with Crippen molar-refractivity contribution in [3.63, 3.8) is 0 Å². The minimum absolute atomic E-state index is 0.126. The lowest BCUT2D eigenvalue weighted by atomic mass is 10.1. The van der Waals surface area contributed by atoms with Crippen LogP contribution in [-0.4, -0.2) is 35.2 Å². The lowest BCUT2D eigenvalue weighted by molar-refractivity contribution is -0.121. The van der Waals surface area contributed by atoms with Gasteiger partial charge >= 0.3 is 7.60 Å². The summed E-state index contributed by atoms with van der Waals surface area (Å²) in [6.45, 7) is 0.844. The van der Waals surface area contributed by atoms with Gasteiger partial charge in [0.15, 0.2) is 0 Å². The number of amides is 1. The average Bonchev–Trinajstić information content (AvgIpc) is 2.65. The largest absolute Gasteiger partial charge is 0.385 e. The van der Waals surface area contributed by atoms with Crippen LogP contribution in [0.5, 0.6) is 0 Å². The van der Waals surface area contributed by atoms with E-state index in [-0.39, 0.29) is 12.3 Å². The van der Waals surface area contributed by atoms with Crippen molar-refractivity contribution in [2.24, 2.45) is 0 Å². The van der Waals surface area contributed by atoms with Gasteiger partial charge in [0.1, 0.15) is 5.78 Å². The molecule has 28 heavy (non-hydrogen) atoms. The summed E-state index contributed by atoms with van der Waals surface area (Å²) in [6, 6.07) is 9.07. The van der Waals surface area contributed by atoms with Gasteiger partial charge in [-0.2, -0.15) is 0 Å². The van der Waals surface area contributed by atoms with E-state index in [2.05, 4.69) is 5.32 Å². The van der Waals surface area contributed by atoms with E-state index in [1.165, 1.54) is 32.1 Å². The van der Waals surface area contributed by atoms with Crippen molar-refractivity contribution in [2.75, 3.05) is 13.7 Å². The molecule has 0 aromatic heterocycles. The van der Waals surface area contributed by atoms with E-state index in [1.54, 1.807) is 19.2 Å². The lowest BCUT2D eigenvalue weighted by Gasteiger charge is -2.20. The third-order valence-electron chi connectivity index (χ3n) is 4.76. The van der Waals surface area contributed by atoms with Crippen molar-refractivity contribution in [1.29, 1.82) is 0 Å². The van der Waals surface area contributed by atoms with Gasteiger partial charge in [0.25, 0.3) is 0 Å². The molecule has 1 atom stereocenters. The summed E-state index contributed by atoms with van der Waals surface area (Å²) in [5, 5.41) is 2.53. The Morgan fingerprint density at radius 3 is 2.04 bits per heavy atom. The number of hydrogen-bond acceptors (Lipinski definition) is 3. The number of nitrogens with one attached hydrogen (secondary N) is 1. The van der Waals surface area contributed by atoms with Gasteiger partial charge in [0.05, 0.1) is 0 Å². The van der Waals surface area contributed by atoms with Crippen LogP contribution in [0.1, 0.15) is 69.8 Å². The molecule has 0 aliphatic heterocycles. The normalized spacial score (nSPS) is 12.7. The van der Waals surface area contributed by atoms with Crippen molar-refractivity contribution in [3.05, 3.63) is 35.9 Å². The highest BCUT2D eigenvalue weighted by molar-refractivity contribution is 7.52. The summed E-state index contributed by atoms with van der Waals surface area (Å²) in [6.07, 6.45) is 10.5. The Kier molecular flexibility index (Phi) is 13.1. The second kappa shape index (κ2) is 14.7. The molecule has 0 saturated heterocycles. The number of carbonyl (C=O) groups is 1. The SMILES string of the molecule is COCCCCCCCCCCCC(=O)NC(Cc1ccccc1)P(=O)(O)O.